The maximum Gasteiger partial charge on any atom is 0.195 e. The van der Waals surface area contributed by atoms with Gasteiger partial charge in [0.2, 0.25) is 0 Å². The van der Waals surface area contributed by atoms with Crippen molar-refractivity contribution in [1.82, 2.24) is 15.0 Å². The first-order valence-electron chi connectivity index (χ1n) is 6.10. The summed E-state index contributed by atoms with van der Waals surface area (Å²) < 4.78 is 13.5. The summed E-state index contributed by atoms with van der Waals surface area (Å²) in [5.74, 6) is 0.364. The molecule has 0 radical (unpaired) electrons. The van der Waals surface area contributed by atoms with Gasteiger partial charge in [0.05, 0.1) is 5.69 Å². The van der Waals surface area contributed by atoms with E-state index in [1.165, 1.54) is 35.2 Å². The molecule has 4 nitrogen and oxygen atoms in total. The van der Waals surface area contributed by atoms with Crippen LogP contribution in [0.25, 0.3) is 0 Å². The molecule has 0 spiro atoms. The average molecular weight is 318 g/mol. The second-order valence-electron chi connectivity index (χ2n) is 4.03. The number of hydrogen-bond donors (Lipinski definition) is 0. The Balaban J connectivity index is 2.12. The molecule has 21 heavy (non-hydrogen) atoms. The highest BCUT2D eigenvalue weighted by atomic mass is 32.2. The zero-order chi connectivity index (χ0) is 14.7. The molecule has 0 fully saturated rings. The van der Waals surface area contributed by atoms with Gasteiger partial charge in [-0.2, -0.15) is 0 Å². The first-order chi connectivity index (χ1) is 10.3. The molecular weight excluding hydrogens is 307 g/mol. The van der Waals surface area contributed by atoms with Crippen LogP contribution in [0.15, 0.2) is 53.3 Å². The highest BCUT2D eigenvalue weighted by molar-refractivity contribution is 7.98. The Morgan fingerprint density at radius 2 is 2.10 bits per heavy atom. The van der Waals surface area contributed by atoms with E-state index in [1.807, 2.05) is 22.6 Å². The number of thiazole rings is 1. The molecule has 0 amide bonds. The maximum atomic E-state index is 13.5. The minimum Gasteiger partial charge on any atom is -0.270 e. The molecule has 3 aromatic rings. The van der Waals surface area contributed by atoms with E-state index in [0.717, 1.165) is 5.13 Å². The number of benzene rings is 1. The summed E-state index contributed by atoms with van der Waals surface area (Å²) in [6.07, 6.45) is 5.31. The van der Waals surface area contributed by atoms with Crippen molar-refractivity contribution in [3.63, 3.8) is 0 Å². The number of aromatic nitrogens is 3. The van der Waals surface area contributed by atoms with Crippen molar-refractivity contribution in [1.29, 1.82) is 0 Å². The van der Waals surface area contributed by atoms with Crippen LogP contribution in [0.4, 0.5) is 21.0 Å². The van der Waals surface area contributed by atoms with Gasteiger partial charge in [-0.3, -0.25) is 4.90 Å². The van der Waals surface area contributed by atoms with E-state index in [2.05, 4.69) is 15.0 Å². The highest BCUT2D eigenvalue weighted by Gasteiger charge is 2.17. The van der Waals surface area contributed by atoms with Crippen LogP contribution in [0.5, 0.6) is 0 Å². The van der Waals surface area contributed by atoms with Gasteiger partial charge in [0.1, 0.15) is 11.6 Å². The predicted octanol–water partition coefficient (Wildman–Crippen LogP) is 4.26. The van der Waals surface area contributed by atoms with Crippen LogP contribution in [0, 0.1) is 5.82 Å². The molecule has 0 aliphatic rings. The van der Waals surface area contributed by atoms with Gasteiger partial charge in [-0.15, -0.1) is 11.3 Å². The molecule has 2 heterocycles. The van der Waals surface area contributed by atoms with Crippen molar-refractivity contribution in [2.45, 2.75) is 5.16 Å². The zero-order valence-corrected chi connectivity index (χ0v) is 12.7. The van der Waals surface area contributed by atoms with Gasteiger partial charge in [0.15, 0.2) is 10.3 Å². The van der Waals surface area contributed by atoms with Gasteiger partial charge in [-0.1, -0.05) is 17.8 Å². The van der Waals surface area contributed by atoms with Crippen molar-refractivity contribution in [2.75, 3.05) is 11.2 Å². The summed E-state index contributed by atoms with van der Waals surface area (Å²) in [6.45, 7) is 0. The fourth-order valence-corrected chi connectivity index (χ4v) is 2.86. The molecule has 7 heteroatoms. The Kier molecular flexibility index (Phi) is 4.12. The SMILES string of the molecule is CSc1nccc(N(c2cccc(F)c2)c2nccs2)n1. The summed E-state index contributed by atoms with van der Waals surface area (Å²) in [5, 5.41) is 3.26. The van der Waals surface area contributed by atoms with Gasteiger partial charge in [-0.05, 0) is 30.5 Å². The third kappa shape index (κ3) is 3.03. The number of rotatable bonds is 4. The van der Waals surface area contributed by atoms with E-state index in [-0.39, 0.29) is 5.82 Å². The molecule has 0 aliphatic carbocycles. The van der Waals surface area contributed by atoms with Gasteiger partial charge < -0.3 is 0 Å². The molecule has 0 atom stereocenters. The van der Waals surface area contributed by atoms with Gasteiger partial charge >= 0.3 is 0 Å². The maximum absolute atomic E-state index is 13.5. The van der Waals surface area contributed by atoms with E-state index in [4.69, 9.17) is 0 Å². The Morgan fingerprint density at radius 1 is 1.19 bits per heavy atom. The molecular formula is C14H11FN4S2. The topological polar surface area (TPSA) is 41.9 Å². The molecule has 3 rings (SSSR count). The molecule has 0 saturated carbocycles. The summed E-state index contributed by atoms with van der Waals surface area (Å²) >= 11 is 2.92. The van der Waals surface area contributed by atoms with Crippen molar-refractivity contribution in [3.05, 3.63) is 53.9 Å². The number of nitrogens with zero attached hydrogens (tertiary/aromatic N) is 4. The first kappa shape index (κ1) is 14.0. The van der Waals surface area contributed by atoms with Crippen LogP contribution in [-0.4, -0.2) is 21.2 Å². The third-order valence-electron chi connectivity index (χ3n) is 2.71. The van der Waals surface area contributed by atoms with E-state index in [9.17, 15) is 4.39 Å². The molecule has 1 aromatic carbocycles. The summed E-state index contributed by atoms with van der Waals surface area (Å²) in [5.41, 5.74) is 0.677. The fraction of sp³-hybridized carbons (Fsp3) is 0.0714. The Bertz CT molecular complexity index is 733. The van der Waals surface area contributed by atoms with Crippen LogP contribution in [0.2, 0.25) is 0 Å². The molecule has 2 aromatic heterocycles. The van der Waals surface area contributed by atoms with Gasteiger partial charge in [0.25, 0.3) is 0 Å². The molecule has 106 valence electrons. The van der Waals surface area contributed by atoms with Crippen LogP contribution in [0.1, 0.15) is 0 Å². The van der Waals surface area contributed by atoms with E-state index >= 15 is 0 Å². The highest BCUT2D eigenvalue weighted by Crippen LogP contribution is 2.34. The van der Waals surface area contributed by atoms with Crippen LogP contribution in [0.3, 0.4) is 0 Å². The molecule has 0 unspecified atom stereocenters. The van der Waals surface area contributed by atoms with Crippen LogP contribution in [-0.2, 0) is 0 Å². The normalized spacial score (nSPS) is 10.6. The Labute approximate surface area is 129 Å². The monoisotopic (exact) mass is 318 g/mol. The van der Waals surface area contributed by atoms with Crippen LogP contribution < -0.4 is 4.90 Å². The minimum absolute atomic E-state index is 0.298. The fourth-order valence-electron chi connectivity index (χ4n) is 1.84. The third-order valence-corrected chi connectivity index (χ3v) is 4.03. The summed E-state index contributed by atoms with van der Waals surface area (Å²) in [4.78, 5) is 14.8. The lowest BCUT2D eigenvalue weighted by atomic mass is 10.3. The lowest BCUT2D eigenvalue weighted by Gasteiger charge is -2.21. The van der Waals surface area contributed by atoms with Crippen molar-refractivity contribution < 1.29 is 4.39 Å². The quantitative estimate of drug-likeness (QED) is 0.531. The molecule has 0 N–H and O–H groups in total. The number of halogens is 1. The second-order valence-corrected chi connectivity index (χ2v) is 5.68. The summed E-state index contributed by atoms with van der Waals surface area (Å²) in [6, 6.07) is 8.15. The molecule has 0 saturated heterocycles. The van der Waals surface area contributed by atoms with E-state index in [1.54, 1.807) is 24.5 Å². The average Bonchev–Trinajstić information content (AvgIpc) is 3.02. The smallest absolute Gasteiger partial charge is 0.195 e. The van der Waals surface area contributed by atoms with E-state index in [0.29, 0.717) is 16.7 Å². The lowest BCUT2D eigenvalue weighted by molar-refractivity contribution is 0.628. The predicted molar refractivity (Wildman–Crippen MR) is 84.1 cm³/mol. The zero-order valence-electron chi connectivity index (χ0n) is 11.1. The Hall–Kier alpha value is -1.99. The standard InChI is InChI=1S/C14H11FN4S2/c1-20-13-16-6-5-12(18-13)19(14-17-7-8-21-14)11-4-2-3-10(15)9-11/h2-9H,1H3. The van der Waals surface area contributed by atoms with E-state index < -0.39 is 0 Å². The van der Waals surface area contributed by atoms with Gasteiger partial charge in [-0.25, -0.2) is 19.3 Å². The van der Waals surface area contributed by atoms with Crippen LogP contribution >= 0.6 is 23.1 Å². The lowest BCUT2D eigenvalue weighted by Crippen LogP contribution is -2.12. The summed E-state index contributed by atoms with van der Waals surface area (Å²) in [7, 11) is 0. The van der Waals surface area contributed by atoms with Crippen molar-refractivity contribution >= 4 is 39.7 Å². The molecule has 0 bridgehead atoms. The Morgan fingerprint density at radius 3 is 2.81 bits per heavy atom. The van der Waals surface area contributed by atoms with Crippen molar-refractivity contribution in [2.24, 2.45) is 0 Å². The minimum atomic E-state index is -0.298. The number of anilines is 3. The second kappa shape index (κ2) is 6.19. The number of thioether (sulfide) groups is 1. The first-order valence-corrected chi connectivity index (χ1v) is 8.20. The number of hydrogen-bond acceptors (Lipinski definition) is 6. The van der Waals surface area contributed by atoms with Gasteiger partial charge in [0, 0.05) is 17.8 Å². The van der Waals surface area contributed by atoms with Crippen molar-refractivity contribution in [3.8, 4) is 0 Å². The largest absolute Gasteiger partial charge is 0.270 e. The molecule has 0 aliphatic heterocycles.